The SMILES string of the molecule is COc1ccc(N/C=C(\C#N)c2nc(-c3ccc(Cl)c(Cl)c3)cs2)cc1OC. The molecule has 28 heavy (non-hydrogen) atoms. The fraction of sp³-hybridized carbons (Fsp3) is 0.100. The van der Waals surface area contributed by atoms with Crippen LogP contribution >= 0.6 is 34.5 Å². The van der Waals surface area contributed by atoms with Gasteiger partial charge in [-0.3, -0.25) is 0 Å². The molecule has 0 aliphatic rings. The van der Waals surface area contributed by atoms with E-state index < -0.39 is 0 Å². The molecule has 0 saturated heterocycles. The lowest BCUT2D eigenvalue weighted by molar-refractivity contribution is 0.355. The molecule has 3 aromatic rings. The quantitative estimate of drug-likeness (QED) is 0.476. The number of allylic oxidation sites excluding steroid dienone is 1. The first-order valence-electron chi connectivity index (χ1n) is 8.06. The molecule has 2 aromatic carbocycles. The van der Waals surface area contributed by atoms with Gasteiger partial charge in [-0.2, -0.15) is 5.26 Å². The third-order valence-electron chi connectivity index (χ3n) is 3.84. The fourth-order valence-electron chi connectivity index (χ4n) is 2.41. The Kier molecular flexibility index (Phi) is 6.42. The van der Waals surface area contributed by atoms with Gasteiger partial charge in [0.05, 0.1) is 30.0 Å². The predicted molar refractivity (Wildman–Crippen MR) is 114 cm³/mol. The van der Waals surface area contributed by atoms with E-state index in [-0.39, 0.29) is 0 Å². The van der Waals surface area contributed by atoms with Gasteiger partial charge in [0.15, 0.2) is 11.5 Å². The molecule has 1 aromatic heterocycles. The number of hydrogen-bond donors (Lipinski definition) is 1. The van der Waals surface area contributed by atoms with Crippen molar-refractivity contribution in [1.82, 2.24) is 4.98 Å². The van der Waals surface area contributed by atoms with Crippen LogP contribution in [0.4, 0.5) is 5.69 Å². The van der Waals surface area contributed by atoms with Gasteiger partial charge >= 0.3 is 0 Å². The summed E-state index contributed by atoms with van der Waals surface area (Å²) in [6.07, 6.45) is 1.61. The number of hydrogen-bond acceptors (Lipinski definition) is 6. The Balaban J connectivity index is 1.83. The number of methoxy groups -OCH3 is 2. The Labute approximate surface area is 176 Å². The van der Waals surface area contributed by atoms with E-state index >= 15 is 0 Å². The second-order valence-electron chi connectivity index (χ2n) is 5.55. The van der Waals surface area contributed by atoms with Crippen LogP contribution in [-0.2, 0) is 0 Å². The highest BCUT2D eigenvalue weighted by Gasteiger charge is 2.11. The number of rotatable bonds is 6. The van der Waals surface area contributed by atoms with Gasteiger partial charge < -0.3 is 14.8 Å². The van der Waals surface area contributed by atoms with Crippen LogP contribution in [0.25, 0.3) is 16.8 Å². The van der Waals surface area contributed by atoms with Crippen LogP contribution in [0.15, 0.2) is 48.0 Å². The summed E-state index contributed by atoms with van der Waals surface area (Å²) in [6, 6.07) is 12.9. The molecule has 0 spiro atoms. The zero-order valence-corrected chi connectivity index (χ0v) is 17.3. The molecule has 0 atom stereocenters. The van der Waals surface area contributed by atoms with Crippen LogP contribution in [0.1, 0.15) is 5.01 Å². The van der Waals surface area contributed by atoms with Crippen LogP contribution in [0.5, 0.6) is 11.5 Å². The molecule has 0 fully saturated rings. The van der Waals surface area contributed by atoms with Crippen molar-refractivity contribution in [2.45, 2.75) is 0 Å². The Morgan fingerprint density at radius 1 is 1.11 bits per heavy atom. The van der Waals surface area contributed by atoms with E-state index in [1.54, 1.807) is 44.7 Å². The van der Waals surface area contributed by atoms with Crippen LogP contribution < -0.4 is 14.8 Å². The first-order valence-corrected chi connectivity index (χ1v) is 9.69. The molecule has 1 heterocycles. The van der Waals surface area contributed by atoms with Gasteiger partial charge in [-0.15, -0.1) is 11.3 Å². The zero-order valence-electron chi connectivity index (χ0n) is 15.0. The standard InChI is InChI=1S/C20H15Cl2N3O2S/c1-26-18-6-4-14(8-19(18)27-2)24-10-13(9-23)20-25-17(11-28-20)12-3-5-15(21)16(22)7-12/h3-8,10-11,24H,1-2H3/b13-10+. The van der Waals surface area contributed by atoms with Crippen molar-refractivity contribution in [3.63, 3.8) is 0 Å². The van der Waals surface area contributed by atoms with Gasteiger partial charge in [0, 0.05) is 28.9 Å². The summed E-state index contributed by atoms with van der Waals surface area (Å²) in [7, 11) is 3.14. The van der Waals surface area contributed by atoms with Crippen molar-refractivity contribution in [2.24, 2.45) is 0 Å². The number of benzene rings is 2. The number of nitrogens with one attached hydrogen (secondary N) is 1. The fourth-order valence-corrected chi connectivity index (χ4v) is 3.50. The maximum atomic E-state index is 9.53. The second kappa shape index (κ2) is 8.98. The lowest BCUT2D eigenvalue weighted by Gasteiger charge is -2.09. The summed E-state index contributed by atoms with van der Waals surface area (Å²) < 4.78 is 10.5. The van der Waals surface area contributed by atoms with Gasteiger partial charge in [0.25, 0.3) is 0 Å². The number of aromatic nitrogens is 1. The molecule has 0 saturated carbocycles. The summed E-state index contributed by atoms with van der Waals surface area (Å²) >= 11 is 13.4. The van der Waals surface area contributed by atoms with E-state index in [4.69, 9.17) is 32.7 Å². The van der Waals surface area contributed by atoms with E-state index in [1.807, 2.05) is 17.5 Å². The third kappa shape index (κ3) is 4.39. The monoisotopic (exact) mass is 431 g/mol. The van der Waals surface area contributed by atoms with E-state index in [2.05, 4.69) is 16.4 Å². The van der Waals surface area contributed by atoms with Crippen LogP contribution in [0.2, 0.25) is 10.0 Å². The van der Waals surface area contributed by atoms with Gasteiger partial charge in [-0.25, -0.2) is 4.98 Å². The minimum atomic E-state index is 0.408. The molecule has 3 rings (SSSR count). The Morgan fingerprint density at radius 3 is 2.57 bits per heavy atom. The third-order valence-corrected chi connectivity index (χ3v) is 5.45. The lowest BCUT2D eigenvalue weighted by Crippen LogP contribution is -1.94. The highest BCUT2D eigenvalue weighted by molar-refractivity contribution is 7.11. The first kappa shape index (κ1) is 20.0. The maximum Gasteiger partial charge on any atom is 0.162 e. The minimum Gasteiger partial charge on any atom is -0.493 e. The Morgan fingerprint density at radius 2 is 1.89 bits per heavy atom. The number of thiazole rings is 1. The number of nitrogens with zero attached hydrogens (tertiary/aromatic N) is 2. The van der Waals surface area contributed by atoms with Gasteiger partial charge in [-0.05, 0) is 24.3 Å². The largest absolute Gasteiger partial charge is 0.493 e. The average molecular weight is 432 g/mol. The number of nitriles is 1. The molecule has 0 aliphatic heterocycles. The topological polar surface area (TPSA) is 67.2 Å². The molecule has 0 bridgehead atoms. The summed E-state index contributed by atoms with van der Waals surface area (Å²) in [6.45, 7) is 0. The molecule has 5 nitrogen and oxygen atoms in total. The van der Waals surface area contributed by atoms with Crippen molar-refractivity contribution in [3.05, 3.63) is 63.0 Å². The molecule has 1 N–H and O–H groups in total. The highest BCUT2D eigenvalue weighted by Crippen LogP contribution is 2.32. The Bertz CT molecular complexity index is 1070. The maximum absolute atomic E-state index is 9.53. The summed E-state index contributed by atoms with van der Waals surface area (Å²) in [5.41, 5.74) is 2.73. The molecule has 0 unspecified atom stereocenters. The molecule has 0 radical (unpaired) electrons. The zero-order chi connectivity index (χ0) is 20.1. The summed E-state index contributed by atoms with van der Waals surface area (Å²) in [4.78, 5) is 4.54. The number of anilines is 1. The van der Waals surface area contributed by atoms with Crippen LogP contribution in [0, 0.1) is 11.3 Å². The normalized spacial score (nSPS) is 11.0. The van der Waals surface area contributed by atoms with E-state index in [9.17, 15) is 5.26 Å². The van der Waals surface area contributed by atoms with Crippen LogP contribution in [0.3, 0.4) is 0 Å². The number of ether oxygens (including phenoxy) is 2. The van der Waals surface area contributed by atoms with E-state index in [0.717, 1.165) is 16.9 Å². The molecule has 8 heteroatoms. The van der Waals surface area contributed by atoms with Crippen molar-refractivity contribution in [3.8, 4) is 28.8 Å². The molecule has 142 valence electrons. The average Bonchev–Trinajstić information content (AvgIpc) is 3.20. The predicted octanol–water partition coefficient (Wildman–Crippen LogP) is 6.11. The van der Waals surface area contributed by atoms with Crippen molar-refractivity contribution < 1.29 is 9.47 Å². The van der Waals surface area contributed by atoms with Crippen molar-refractivity contribution >= 4 is 45.8 Å². The lowest BCUT2D eigenvalue weighted by atomic mass is 10.2. The van der Waals surface area contributed by atoms with Crippen LogP contribution in [-0.4, -0.2) is 19.2 Å². The molecule has 0 aliphatic carbocycles. The number of halogens is 2. The van der Waals surface area contributed by atoms with Crippen molar-refractivity contribution in [2.75, 3.05) is 19.5 Å². The smallest absolute Gasteiger partial charge is 0.162 e. The summed E-state index contributed by atoms with van der Waals surface area (Å²) in [5.74, 6) is 1.22. The minimum absolute atomic E-state index is 0.408. The van der Waals surface area contributed by atoms with E-state index in [1.165, 1.54) is 11.3 Å². The summed E-state index contributed by atoms with van der Waals surface area (Å²) in [5, 5.41) is 16.0. The molecular formula is C20H15Cl2N3O2S. The highest BCUT2D eigenvalue weighted by atomic mass is 35.5. The van der Waals surface area contributed by atoms with E-state index in [0.29, 0.717) is 32.1 Å². The van der Waals surface area contributed by atoms with Crippen molar-refractivity contribution in [1.29, 1.82) is 5.26 Å². The second-order valence-corrected chi connectivity index (χ2v) is 7.22. The Hall–Kier alpha value is -2.72. The first-order chi connectivity index (χ1) is 13.5. The molecular weight excluding hydrogens is 417 g/mol. The van der Waals surface area contributed by atoms with Gasteiger partial charge in [-0.1, -0.05) is 29.3 Å². The van der Waals surface area contributed by atoms with Gasteiger partial charge in [0.2, 0.25) is 0 Å². The molecule has 0 amide bonds. The van der Waals surface area contributed by atoms with Gasteiger partial charge in [0.1, 0.15) is 16.6 Å².